The standard InChI is InChI=1S/C11H20N2O4/c1-3-6-13(2)11(16)12-7-8-4-5-9(17-8)10(14)15/h8-9H,3-7H2,1-2H3,(H,12,16)(H,14,15). The maximum atomic E-state index is 11.5. The summed E-state index contributed by atoms with van der Waals surface area (Å²) in [5, 5.41) is 11.5. The monoisotopic (exact) mass is 244 g/mol. The number of hydrogen-bond acceptors (Lipinski definition) is 3. The maximum Gasteiger partial charge on any atom is 0.332 e. The molecule has 6 heteroatoms. The van der Waals surface area contributed by atoms with Gasteiger partial charge in [-0.1, -0.05) is 6.92 Å². The molecular weight excluding hydrogens is 224 g/mol. The molecule has 0 aromatic carbocycles. The van der Waals surface area contributed by atoms with E-state index >= 15 is 0 Å². The number of nitrogens with zero attached hydrogens (tertiary/aromatic N) is 1. The SMILES string of the molecule is CCCN(C)C(=O)NCC1CCC(C(=O)O)O1. The number of carboxylic acids is 1. The third kappa shape index (κ3) is 4.22. The molecule has 1 aliphatic rings. The Kier molecular flexibility index (Phi) is 5.21. The van der Waals surface area contributed by atoms with Crippen molar-refractivity contribution >= 4 is 12.0 Å². The average Bonchev–Trinajstić information content (AvgIpc) is 2.75. The van der Waals surface area contributed by atoms with Gasteiger partial charge in [-0.25, -0.2) is 9.59 Å². The molecule has 0 aliphatic carbocycles. The van der Waals surface area contributed by atoms with E-state index in [0.29, 0.717) is 25.9 Å². The molecule has 1 heterocycles. The Labute approximate surface area is 101 Å². The van der Waals surface area contributed by atoms with E-state index < -0.39 is 12.1 Å². The van der Waals surface area contributed by atoms with Crippen molar-refractivity contribution in [2.45, 2.75) is 38.4 Å². The Morgan fingerprint density at radius 3 is 2.71 bits per heavy atom. The zero-order chi connectivity index (χ0) is 12.8. The largest absolute Gasteiger partial charge is 0.479 e. The number of carbonyl (C=O) groups excluding carboxylic acids is 1. The van der Waals surface area contributed by atoms with Crippen molar-refractivity contribution in [3.05, 3.63) is 0 Å². The van der Waals surface area contributed by atoms with Crippen molar-refractivity contribution < 1.29 is 19.4 Å². The number of ether oxygens (including phenoxy) is 1. The fourth-order valence-electron chi connectivity index (χ4n) is 1.81. The fraction of sp³-hybridized carbons (Fsp3) is 0.818. The van der Waals surface area contributed by atoms with E-state index in [1.165, 1.54) is 0 Å². The van der Waals surface area contributed by atoms with Crippen LogP contribution in [0.1, 0.15) is 26.2 Å². The Bertz CT molecular complexity index is 283. The van der Waals surface area contributed by atoms with Gasteiger partial charge in [0.15, 0.2) is 6.10 Å². The lowest BCUT2D eigenvalue weighted by atomic mass is 10.2. The van der Waals surface area contributed by atoms with Gasteiger partial charge in [0.05, 0.1) is 6.10 Å². The molecule has 0 spiro atoms. The topological polar surface area (TPSA) is 78.9 Å². The second-order valence-corrected chi connectivity index (χ2v) is 4.27. The molecule has 6 nitrogen and oxygen atoms in total. The summed E-state index contributed by atoms with van der Waals surface area (Å²) in [5.41, 5.74) is 0. The first-order valence-corrected chi connectivity index (χ1v) is 5.91. The number of carboxylic acid groups (broad SMARTS) is 1. The predicted molar refractivity (Wildman–Crippen MR) is 61.9 cm³/mol. The Hall–Kier alpha value is -1.30. The Morgan fingerprint density at radius 2 is 2.18 bits per heavy atom. The molecule has 0 radical (unpaired) electrons. The van der Waals surface area contributed by atoms with Gasteiger partial charge in [-0.15, -0.1) is 0 Å². The quantitative estimate of drug-likeness (QED) is 0.745. The van der Waals surface area contributed by atoms with Gasteiger partial charge in [0, 0.05) is 20.1 Å². The van der Waals surface area contributed by atoms with Crippen molar-refractivity contribution in [2.24, 2.45) is 0 Å². The van der Waals surface area contributed by atoms with Crippen molar-refractivity contribution in [2.75, 3.05) is 20.1 Å². The van der Waals surface area contributed by atoms with Gasteiger partial charge in [0.2, 0.25) is 0 Å². The van der Waals surface area contributed by atoms with Crippen LogP contribution in [0.4, 0.5) is 4.79 Å². The lowest BCUT2D eigenvalue weighted by molar-refractivity contribution is -0.149. The van der Waals surface area contributed by atoms with Crippen LogP contribution in [-0.4, -0.2) is 54.4 Å². The van der Waals surface area contributed by atoms with E-state index in [0.717, 1.165) is 6.42 Å². The van der Waals surface area contributed by atoms with E-state index in [1.54, 1.807) is 11.9 Å². The molecule has 0 saturated carbocycles. The molecule has 0 aromatic heterocycles. The second kappa shape index (κ2) is 6.44. The minimum atomic E-state index is -0.929. The van der Waals surface area contributed by atoms with E-state index in [2.05, 4.69) is 5.32 Å². The molecule has 0 bridgehead atoms. The molecule has 0 aromatic rings. The smallest absolute Gasteiger partial charge is 0.332 e. The van der Waals surface area contributed by atoms with Gasteiger partial charge in [0.1, 0.15) is 0 Å². The number of nitrogens with one attached hydrogen (secondary N) is 1. The van der Waals surface area contributed by atoms with Crippen LogP contribution in [0.25, 0.3) is 0 Å². The van der Waals surface area contributed by atoms with Gasteiger partial charge < -0.3 is 20.1 Å². The Morgan fingerprint density at radius 1 is 1.47 bits per heavy atom. The fourth-order valence-corrected chi connectivity index (χ4v) is 1.81. The minimum Gasteiger partial charge on any atom is -0.479 e. The molecule has 1 fully saturated rings. The van der Waals surface area contributed by atoms with E-state index in [4.69, 9.17) is 9.84 Å². The van der Waals surface area contributed by atoms with Gasteiger partial charge in [-0.05, 0) is 19.3 Å². The number of amides is 2. The summed E-state index contributed by atoms with van der Waals surface area (Å²) in [5.74, 6) is -0.929. The molecule has 1 saturated heterocycles. The van der Waals surface area contributed by atoms with Crippen LogP contribution in [-0.2, 0) is 9.53 Å². The highest BCUT2D eigenvalue weighted by atomic mass is 16.5. The van der Waals surface area contributed by atoms with Crippen LogP contribution in [0, 0.1) is 0 Å². The van der Waals surface area contributed by atoms with E-state index in [-0.39, 0.29) is 12.1 Å². The summed E-state index contributed by atoms with van der Waals surface area (Å²) in [4.78, 5) is 23.8. The van der Waals surface area contributed by atoms with Crippen molar-refractivity contribution in [1.82, 2.24) is 10.2 Å². The molecule has 2 N–H and O–H groups in total. The van der Waals surface area contributed by atoms with Crippen LogP contribution >= 0.6 is 0 Å². The number of urea groups is 1. The Balaban J connectivity index is 2.23. The van der Waals surface area contributed by atoms with Crippen LogP contribution < -0.4 is 5.32 Å². The number of aliphatic carboxylic acids is 1. The van der Waals surface area contributed by atoms with Crippen LogP contribution in [0.3, 0.4) is 0 Å². The summed E-state index contributed by atoms with van der Waals surface area (Å²) in [6, 6.07) is -0.144. The summed E-state index contributed by atoms with van der Waals surface area (Å²) >= 11 is 0. The lowest BCUT2D eigenvalue weighted by Gasteiger charge is -2.18. The van der Waals surface area contributed by atoms with Crippen LogP contribution in [0.15, 0.2) is 0 Å². The molecule has 2 unspecified atom stereocenters. The van der Waals surface area contributed by atoms with Gasteiger partial charge in [-0.2, -0.15) is 0 Å². The normalized spacial score (nSPS) is 23.4. The average molecular weight is 244 g/mol. The van der Waals surface area contributed by atoms with Gasteiger partial charge >= 0.3 is 12.0 Å². The first kappa shape index (κ1) is 13.8. The third-order valence-electron chi connectivity index (χ3n) is 2.77. The summed E-state index contributed by atoms with van der Waals surface area (Å²) in [7, 11) is 1.73. The first-order chi connectivity index (χ1) is 8.04. The van der Waals surface area contributed by atoms with E-state index in [9.17, 15) is 9.59 Å². The molecule has 98 valence electrons. The third-order valence-corrected chi connectivity index (χ3v) is 2.77. The zero-order valence-electron chi connectivity index (χ0n) is 10.3. The number of carbonyl (C=O) groups is 2. The van der Waals surface area contributed by atoms with Crippen molar-refractivity contribution in [3.8, 4) is 0 Å². The highest BCUT2D eigenvalue weighted by Crippen LogP contribution is 2.19. The molecule has 1 aliphatic heterocycles. The highest BCUT2D eigenvalue weighted by molar-refractivity contribution is 5.74. The summed E-state index contributed by atoms with van der Waals surface area (Å²) in [6.45, 7) is 3.08. The van der Waals surface area contributed by atoms with Gasteiger partial charge in [-0.3, -0.25) is 0 Å². The predicted octanol–water partition coefficient (Wildman–Crippen LogP) is 0.670. The number of hydrogen-bond donors (Lipinski definition) is 2. The van der Waals surface area contributed by atoms with Crippen LogP contribution in [0.5, 0.6) is 0 Å². The van der Waals surface area contributed by atoms with Gasteiger partial charge in [0.25, 0.3) is 0 Å². The maximum absolute atomic E-state index is 11.5. The first-order valence-electron chi connectivity index (χ1n) is 5.91. The minimum absolute atomic E-state index is 0.144. The summed E-state index contributed by atoms with van der Waals surface area (Å²) in [6.07, 6.45) is 1.20. The van der Waals surface area contributed by atoms with Crippen LogP contribution in [0.2, 0.25) is 0 Å². The number of rotatable bonds is 5. The lowest BCUT2D eigenvalue weighted by Crippen LogP contribution is -2.41. The molecule has 2 atom stereocenters. The molecule has 17 heavy (non-hydrogen) atoms. The molecular formula is C11H20N2O4. The molecule has 1 rings (SSSR count). The molecule has 2 amide bonds. The summed E-state index contributed by atoms with van der Waals surface area (Å²) < 4.78 is 5.28. The van der Waals surface area contributed by atoms with Crippen molar-refractivity contribution in [3.63, 3.8) is 0 Å². The zero-order valence-corrected chi connectivity index (χ0v) is 10.3. The van der Waals surface area contributed by atoms with E-state index in [1.807, 2.05) is 6.92 Å². The van der Waals surface area contributed by atoms with Crippen molar-refractivity contribution in [1.29, 1.82) is 0 Å². The highest BCUT2D eigenvalue weighted by Gasteiger charge is 2.30. The second-order valence-electron chi connectivity index (χ2n) is 4.27.